The van der Waals surface area contributed by atoms with E-state index in [0.717, 1.165) is 19.5 Å². The number of carbonyl (C=O) groups excluding carboxylic acids is 2. The fourth-order valence-electron chi connectivity index (χ4n) is 1.86. The molecule has 1 fully saturated rings. The lowest BCUT2D eigenvalue weighted by atomic mass is 9.93. The van der Waals surface area contributed by atoms with Gasteiger partial charge in [0, 0.05) is 31.6 Å². The molecular formula is C14H21N3O3. The Morgan fingerprint density at radius 3 is 2.40 bits per heavy atom. The van der Waals surface area contributed by atoms with Crippen molar-refractivity contribution in [2.75, 3.05) is 25.5 Å². The number of urea groups is 1. The number of carbonyl (C=O) groups is 2. The van der Waals surface area contributed by atoms with E-state index in [0.29, 0.717) is 11.4 Å². The highest BCUT2D eigenvalue weighted by Gasteiger charge is 2.30. The third-order valence-corrected chi connectivity index (χ3v) is 3.28. The summed E-state index contributed by atoms with van der Waals surface area (Å²) in [5.74, 6) is 0.712. The molecule has 0 unspecified atom stereocenters. The van der Waals surface area contributed by atoms with Gasteiger partial charge in [0.2, 0.25) is 5.76 Å². The minimum atomic E-state index is -0.371. The first-order chi connectivity index (χ1) is 9.32. The monoisotopic (exact) mass is 279 g/mol. The summed E-state index contributed by atoms with van der Waals surface area (Å²) in [6.07, 6.45) is 1.01. The normalized spacial score (nSPS) is 14.7. The molecule has 20 heavy (non-hydrogen) atoms. The van der Waals surface area contributed by atoms with Crippen molar-refractivity contribution in [1.82, 2.24) is 10.2 Å². The molecule has 1 aliphatic rings. The quantitative estimate of drug-likeness (QED) is 0.871. The summed E-state index contributed by atoms with van der Waals surface area (Å²) in [5.41, 5.74) is 0.193. The summed E-state index contributed by atoms with van der Waals surface area (Å²) in [6.45, 7) is 7.46. The van der Waals surface area contributed by atoms with Gasteiger partial charge in [-0.2, -0.15) is 0 Å². The zero-order chi connectivity index (χ0) is 14.9. The van der Waals surface area contributed by atoms with Crippen molar-refractivity contribution >= 4 is 17.6 Å². The van der Waals surface area contributed by atoms with Gasteiger partial charge in [-0.3, -0.25) is 4.79 Å². The SMILES string of the molecule is CNC(=O)Nc1cc(C(C)(C)C)oc1C(=O)N1CCC1. The molecular weight excluding hydrogens is 258 g/mol. The van der Waals surface area contributed by atoms with Gasteiger partial charge in [-0.05, 0) is 6.42 Å². The number of furan rings is 1. The van der Waals surface area contributed by atoms with Crippen molar-refractivity contribution in [3.63, 3.8) is 0 Å². The van der Waals surface area contributed by atoms with Crippen LogP contribution in [0.25, 0.3) is 0 Å². The van der Waals surface area contributed by atoms with Gasteiger partial charge < -0.3 is 20.0 Å². The molecule has 2 rings (SSSR count). The van der Waals surface area contributed by atoms with E-state index in [1.807, 2.05) is 20.8 Å². The molecule has 1 aliphatic heterocycles. The Bertz CT molecular complexity index is 524. The van der Waals surface area contributed by atoms with Crippen LogP contribution in [-0.2, 0) is 5.41 Å². The summed E-state index contributed by atoms with van der Waals surface area (Å²) in [6, 6.07) is 1.35. The Balaban J connectivity index is 2.33. The van der Waals surface area contributed by atoms with E-state index in [-0.39, 0.29) is 23.1 Å². The van der Waals surface area contributed by atoms with Gasteiger partial charge in [-0.15, -0.1) is 0 Å². The third kappa shape index (κ3) is 2.79. The lowest BCUT2D eigenvalue weighted by Gasteiger charge is -2.30. The summed E-state index contributed by atoms with van der Waals surface area (Å²) in [5, 5.41) is 5.11. The number of amides is 3. The molecule has 0 aromatic carbocycles. The van der Waals surface area contributed by atoms with Gasteiger partial charge in [-0.1, -0.05) is 20.8 Å². The first-order valence-electron chi connectivity index (χ1n) is 6.75. The van der Waals surface area contributed by atoms with Crippen LogP contribution in [0.1, 0.15) is 43.5 Å². The second-order valence-corrected chi connectivity index (χ2v) is 5.95. The Labute approximate surface area is 118 Å². The van der Waals surface area contributed by atoms with E-state index in [1.165, 1.54) is 7.05 Å². The molecule has 2 N–H and O–H groups in total. The molecule has 2 heterocycles. The molecule has 6 nitrogen and oxygen atoms in total. The molecule has 6 heteroatoms. The second-order valence-electron chi connectivity index (χ2n) is 5.95. The number of hydrogen-bond donors (Lipinski definition) is 2. The summed E-state index contributed by atoms with van der Waals surface area (Å²) < 4.78 is 5.71. The fraction of sp³-hybridized carbons (Fsp3) is 0.571. The van der Waals surface area contributed by atoms with Crippen LogP contribution in [0.3, 0.4) is 0 Å². The average molecular weight is 279 g/mol. The van der Waals surface area contributed by atoms with Crippen LogP contribution in [0.15, 0.2) is 10.5 Å². The topological polar surface area (TPSA) is 74.6 Å². The smallest absolute Gasteiger partial charge is 0.319 e. The van der Waals surface area contributed by atoms with Crippen molar-refractivity contribution in [2.24, 2.45) is 0 Å². The molecule has 0 spiro atoms. The zero-order valence-electron chi connectivity index (χ0n) is 12.4. The number of hydrogen-bond acceptors (Lipinski definition) is 3. The lowest BCUT2D eigenvalue weighted by molar-refractivity contribution is 0.0617. The summed E-state index contributed by atoms with van der Waals surface area (Å²) in [4.78, 5) is 25.5. The Morgan fingerprint density at radius 2 is 1.95 bits per heavy atom. The highest BCUT2D eigenvalue weighted by atomic mass is 16.4. The zero-order valence-corrected chi connectivity index (χ0v) is 12.4. The maximum Gasteiger partial charge on any atom is 0.319 e. The maximum atomic E-state index is 12.3. The number of nitrogens with one attached hydrogen (secondary N) is 2. The number of anilines is 1. The van der Waals surface area contributed by atoms with Crippen molar-refractivity contribution in [1.29, 1.82) is 0 Å². The molecule has 0 saturated carbocycles. The molecule has 0 bridgehead atoms. The molecule has 1 saturated heterocycles. The fourth-order valence-corrected chi connectivity index (χ4v) is 1.86. The van der Waals surface area contributed by atoms with Crippen LogP contribution < -0.4 is 10.6 Å². The Kier molecular flexibility index (Phi) is 3.74. The minimum absolute atomic E-state index is 0.168. The van der Waals surface area contributed by atoms with E-state index in [9.17, 15) is 9.59 Å². The standard InChI is InChI=1S/C14H21N3O3/c1-14(2,3)10-8-9(16-13(19)15-4)11(20-10)12(18)17-6-5-7-17/h8H,5-7H2,1-4H3,(H2,15,16,19). The van der Waals surface area contributed by atoms with Crippen LogP contribution in [0, 0.1) is 0 Å². The van der Waals surface area contributed by atoms with E-state index in [1.54, 1.807) is 11.0 Å². The minimum Gasteiger partial charge on any atom is -0.453 e. The van der Waals surface area contributed by atoms with Crippen LogP contribution >= 0.6 is 0 Å². The van der Waals surface area contributed by atoms with E-state index in [4.69, 9.17) is 4.42 Å². The number of likely N-dealkylation sites (tertiary alicyclic amines) is 1. The molecule has 0 atom stereocenters. The van der Waals surface area contributed by atoms with Crippen LogP contribution in [0.4, 0.5) is 10.5 Å². The van der Waals surface area contributed by atoms with Gasteiger partial charge >= 0.3 is 6.03 Å². The highest BCUT2D eigenvalue weighted by Crippen LogP contribution is 2.31. The van der Waals surface area contributed by atoms with E-state index < -0.39 is 0 Å². The molecule has 0 aliphatic carbocycles. The Morgan fingerprint density at radius 1 is 1.30 bits per heavy atom. The van der Waals surface area contributed by atoms with Crippen molar-refractivity contribution in [3.8, 4) is 0 Å². The average Bonchev–Trinajstić information content (AvgIpc) is 2.70. The van der Waals surface area contributed by atoms with Gasteiger partial charge in [0.05, 0.1) is 5.69 Å². The first kappa shape index (κ1) is 14.4. The van der Waals surface area contributed by atoms with Gasteiger partial charge in [0.15, 0.2) is 0 Å². The lowest BCUT2D eigenvalue weighted by Crippen LogP contribution is -2.42. The first-order valence-corrected chi connectivity index (χ1v) is 6.75. The summed E-state index contributed by atoms with van der Waals surface area (Å²) >= 11 is 0. The largest absolute Gasteiger partial charge is 0.453 e. The molecule has 110 valence electrons. The van der Waals surface area contributed by atoms with E-state index in [2.05, 4.69) is 10.6 Å². The van der Waals surface area contributed by atoms with Crippen molar-refractivity contribution < 1.29 is 14.0 Å². The molecule has 0 radical (unpaired) electrons. The van der Waals surface area contributed by atoms with Crippen molar-refractivity contribution in [2.45, 2.75) is 32.6 Å². The van der Waals surface area contributed by atoms with Gasteiger partial charge in [-0.25, -0.2) is 4.79 Å². The van der Waals surface area contributed by atoms with Crippen LogP contribution in [-0.4, -0.2) is 37.0 Å². The van der Waals surface area contributed by atoms with Gasteiger partial charge in [0.1, 0.15) is 5.76 Å². The second kappa shape index (κ2) is 5.19. The highest BCUT2D eigenvalue weighted by molar-refractivity contribution is 6.01. The Hall–Kier alpha value is -1.98. The molecule has 3 amide bonds. The third-order valence-electron chi connectivity index (χ3n) is 3.28. The molecule has 1 aromatic rings. The number of rotatable bonds is 2. The number of nitrogens with zero attached hydrogens (tertiary/aromatic N) is 1. The predicted octanol–water partition coefficient (Wildman–Crippen LogP) is 2.17. The summed E-state index contributed by atoms with van der Waals surface area (Å²) in [7, 11) is 1.52. The predicted molar refractivity (Wildman–Crippen MR) is 76.0 cm³/mol. The van der Waals surface area contributed by atoms with Crippen LogP contribution in [0.2, 0.25) is 0 Å². The maximum absolute atomic E-state index is 12.3. The van der Waals surface area contributed by atoms with Crippen molar-refractivity contribution in [3.05, 3.63) is 17.6 Å². The molecule has 1 aromatic heterocycles. The van der Waals surface area contributed by atoms with Gasteiger partial charge in [0.25, 0.3) is 5.91 Å². The van der Waals surface area contributed by atoms with E-state index >= 15 is 0 Å². The van der Waals surface area contributed by atoms with Crippen LogP contribution in [0.5, 0.6) is 0 Å².